The Kier molecular flexibility index (Phi) is 6.58. The molecule has 1 aromatic rings. The van der Waals surface area contributed by atoms with Crippen LogP contribution in [0.1, 0.15) is 76.7 Å². The Morgan fingerprint density at radius 1 is 0.846 bits per heavy atom. The molecule has 0 aliphatic heterocycles. The van der Waals surface area contributed by atoms with Crippen molar-refractivity contribution < 1.29 is 13.5 Å². The normalized spacial score (nSPS) is 30.2. The highest BCUT2D eigenvalue weighted by Crippen LogP contribution is 2.42. The van der Waals surface area contributed by atoms with Crippen LogP contribution in [0.4, 0.5) is 8.78 Å². The van der Waals surface area contributed by atoms with Crippen LogP contribution in [-0.2, 0) is 0 Å². The Bertz CT molecular complexity index is 538. The van der Waals surface area contributed by atoms with Gasteiger partial charge < -0.3 is 4.74 Å². The molecular weight excluding hydrogens is 330 g/mol. The topological polar surface area (TPSA) is 9.23 Å². The van der Waals surface area contributed by atoms with E-state index in [1.54, 1.807) is 12.1 Å². The standard InChI is InChI=1S/C23H34F2O/c1-17-3-7-19(8-4-17)9-10-20-11-13-21(14-12-20)23(24,25)26-22-15-5-18(2)6-16-22/h5-6,15-17,19-21H,3-4,7-14H2,1-2H3. The van der Waals surface area contributed by atoms with E-state index in [2.05, 4.69) is 6.92 Å². The van der Waals surface area contributed by atoms with Crippen molar-refractivity contribution in [2.45, 2.75) is 84.2 Å². The summed E-state index contributed by atoms with van der Waals surface area (Å²) in [5.74, 6) is 2.05. The van der Waals surface area contributed by atoms with Gasteiger partial charge in [-0.05, 0) is 62.5 Å². The van der Waals surface area contributed by atoms with E-state index >= 15 is 0 Å². The van der Waals surface area contributed by atoms with Crippen molar-refractivity contribution in [2.24, 2.45) is 23.7 Å². The van der Waals surface area contributed by atoms with Gasteiger partial charge in [0, 0.05) is 0 Å². The average molecular weight is 365 g/mol. The Morgan fingerprint density at radius 3 is 1.88 bits per heavy atom. The molecule has 0 bridgehead atoms. The van der Waals surface area contributed by atoms with Crippen molar-refractivity contribution in [3.63, 3.8) is 0 Å². The summed E-state index contributed by atoms with van der Waals surface area (Å²) in [6.45, 7) is 4.30. The highest BCUT2D eigenvalue weighted by atomic mass is 19.3. The largest absolute Gasteiger partial charge is 0.432 e. The van der Waals surface area contributed by atoms with E-state index in [4.69, 9.17) is 4.74 Å². The maximum Gasteiger partial charge on any atom is 0.400 e. The lowest BCUT2D eigenvalue weighted by Gasteiger charge is -2.34. The molecule has 2 aliphatic rings. The molecule has 0 unspecified atom stereocenters. The molecule has 0 heterocycles. The molecule has 2 aliphatic carbocycles. The molecule has 2 saturated carbocycles. The zero-order valence-electron chi connectivity index (χ0n) is 16.4. The van der Waals surface area contributed by atoms with Gasteiger partial charge in [-0.15, -0.1) is 0 Å². The van der Waals surface area contributed by atoms with Crippen LogP contribution in [0.5, 0.6) is 5.75 Å². The van der Waals surface area contributed by atoms with Gasteiger partial charge >= 0.3 is 6.11 Å². The van der Waals surface area contributed by atoms with Crippen LogP contribution in [0.15, 0.2) is 24.3 Å². The first kappa shape index (κ1) is 19.6. The number of hydrogen-bond donors (Lipinski definition) is 0. The predicted molar refractivity (Wildman–Crippen MR) is 103 cm³/mol. The molecule has 146 valence electrons. The SMILES string of the molecule is Cc1ccc(OC(F)(F)C2CCC(CCC3CCC(C)CC3)CC2)cc1. The summed E-state index contributed by atoms with van der Waals surface area (Å²) in [6, 6.07) is 6.91. The molecule has 0 saturated heterocycles. The Labute approximate surface area is 157 Å². The molecule has 0 aromatic heterocycles. The summed E-state index contributed by atoms with van der Waals surface area (Å²) in [5, 5.41) is 0. The van der Waals surface area contributed by atoms with E-state index in [9.17, 15) is 8.78 Å². The first-order valence-corrected chi connectivity index (χ1v) is 10.6. The number of halogens is 2. The van der Waals surface area contributed by atoms with E-state index in [-0.39, 0.29) is 5.75 Å². The van der Waals surface area contributed by atoms with Crippen LogP contribution in [0.3, 0.4) is 0 Å². The minimum absolute atomic E-state index is 0.272. The number of ether oxygens (including phenoxy) is 1. The maximum atomic E-state index is 14.5. The van der Waals surface area contributed by atoms with Crippen LogP contribution in [0, 0.1) is 30.6 Å². The van der Waals surface area contributed by atoms with Crippen molar-refractivity contribution in [1.82, 2.24) is 0 Å². The van der Waals surface area contributed by atoms with Gasteiger partial charge in [0.05, 0.1) is 5.92 Å². The Balaban J connectivity index is 1.41. The number of aryl methyl sites for hydroxylation is 1. The van der Waals surface area contributed by atoms with Gasteiger partial charge in [-0.25, -0.2) is 0 Å². The molecule has 1 aromatic carbocycles. The third kappa shape index (κ3) is 5.44. The molecule has 0 atom stereocenters. The molecule has 2 fully saturated rings. The predicted octanol–water partition coefficient (Wildman–Crippen LogP) is 7.38. The molecule has 0 radical (unpaired) electrons. The molecule has 1 nitrogen and oxygen atoms in total. The molecule has 3 rings (SSSR count). The van der Waals surface area contributed by atoms with E-state index in [0.717, 1.165) is 30.2 Å². The fourth-order valence-electron chi connectivity index (χ4n) is 4.72. The van der Waals surface area contributed by atoms with Gasteiger partial charge in [0.25, 0.3) is 0 Å². The molecule has 0 N–H and O–H groups in total. The first-order valence-electron chi connectivity index (χ1n) is 10.6. The van der Waals surface area contributed by atoms with E-state index in [1.165, 1.54) is 38.5 Å². The van der Waals surface area contributed by atoms with Crippen molar-refractivity contribution in [3.8, 4) is 5.75 Å². The molecule has 3 heteroatoms. The summed E-state index contributed by atoms with van der Waals surface area (Å²) < 4.78 is 34.1. The van der Waals surface area contributed by atoms with Gasteiger partial charge in [-0.2, -0.15) is 8.78 Å². The highest BCUT2D eigenvalue weighted by molar-refractivity contribution is 5.26. The summed E-state index contributed by atoms with van der Waals surface area (Å²) >= 11 is 0. The first-order chi connectivity index (χ1) is 12.4. The minimum atomic E-state index is -3.06. The van der Waals surface area contributed by atoms with Crippen molar-refractivity contribution in [3.05, 3.63) is 29.8 Å². The smallest absolute Gasteiger partial charge is 0.400 e. The lowest BCUT2D eigenvalue weighted by molar-refractivity contribution is -0.223. The summed E-state index contributed by atoms with van der Waals surface area (Å²) in [4.78, 5) is 0. The monoisotopic (exact) mass is 364 g/mol. The maximum absolute atomic E-state index is 14.5. The summed E-state index contributed by atoms with van der Waals surface area (Å²) in [7, 11) is 0. The lowest BCUT2D eigenvalue weighted by Crippen LogP contribution is -2.37. The number of alkyl halides is 2. The minimum Gasteiger partial charge on any atom is -0.432 e. The fraction of sp³-hybridized carbons (Fsp3) is 0.739. The van der Waals surface area contributed by atoms with Gasteiger partial charge in [0.2, 0.25) is 0 Å². The van der Waals surface area contributed by atoms with Gasteiger partial charge in [-0.1, -0.05) is 63.1 Å². The van der Waals surface area contributed by atoms with Crippen molar-refractivity contribution in [1.29, 1.82) is 0 Å². The van der Waals surface area contributed by atoms with Crippen LogP contribution in [0.25, 0.3) is 0 Å². The second-order valence-corrected chi connectivity index (χ2v) is 8.90. The van der Waals surface area contributed by atoms with Gasteiger partial charge in [0.15, 0.2) is 0 Å². The molecule has 0 spiro atoms. The van der Waals surface area contributed by atoms with Crippen LogP contribution < -0.4 is 4.74 Å². The van der Waals surface area contributed by atoms with Gasteiger partial charge in [-0.3, -0.25) is 0 Å². The summed E-state index contributed by atoms with van der Waals surface area (Å²) in [6.07, 6.45) is 8.02. The van der Waals surface area contributed by atoms with Gasteiger partial charge in [0.1, 0.15) is 5.75 Å². The second kappa shape index (κ2) is 8.71. The third-order valence-electron chi connectivity index (χ3n) is 6.72. The zero-order chi connectivity index (χ0) is 18.6. The Morgan fingerprint density at radius 2 is 1.35 bits per heavy atom. The number of rotatable bonds is 6. The quantitative estimate of drug-likeness (QED) is 0.511. The van der Waals surface area contributed by atoms with Crippen LogP contribution in [-0.4, -0.2) is 6.11 Å². The molecule has 0 amide bonds. The van der Waals surface area contributed by atoms with Crippen molar-refractivity contribution >= 4 is 0 Å². The summed E-state index contributed by atoms with van der Waals surface area (Å²) in [5.41, 5.74) is 1.05. The third-order valence-corrected chi connectivity index (χ3v) is 6.72. The van der Waals surface area contributed by atoms with E-state index < -0.39 is 12.0 Å². The average Bonchev–Trinajstić information content (AvgIpc) is 2.63. The zero-order valence-corrected chi connectivity index (χ0v) is 16.4. The van der Waals surface area contributed by atoms with Crippen LogP contribution in [0.2, 0.25) is 0 Å². The number of hydrogen-bond acceptors (Lipinski definition) is 1. The number of benzene rings is 1. The highest BCUT2D eigenvalue weighted by Gasteiger charge is 2.43. The molecular formula is C23H34F2O. The lowest BCUT2D eigenvalue weighted by atomic mass is 9.75. The van der Waals surface area contributed by atoms with E-state index in [0.29, 0.717) is 18.8 Å². The fourth-order valence-corrected chi connectivity index (χ4v) is 4.72. The van der Waals surface area contributed by atoms with Crippen LogP contribution >= 0.6 is 0 Å². The van der Waals surface area contributed by atoms with E-state index in [1.807, 2.05) is 19.1 Å². The second-order valence-electron chi connectivity index (χ2n) is 8.90. The molecule has 26 heavy (non-hydrogen) atoms. The Hall–Kier alpha value is -1.12. The van der Waals surface area contributed by atoms with Crippen molar-refractivity contribution in [2.75, 3.05) is 0 Å².